The number of hydrogen-bond acceptors (Lipinski definition) is 5. The molecule has 0 spiro atoms. The van der Waals surface area contributed by atoms with Crippen LogP contribution in [0, 0.1) is 5.41 Å². The molecular weight excluding hydrogens is 507 g/mol. The van der Waals surface area contributed by atoms with Gasteiger partial charge < -0.3 is 16.0 Å². The Labute approximate surface area is 228 Å². The molecule has 0 atom stereocenters. The van der Waals surface area contributed by atoms with E-state index in [-0.39, 0.29) is 11.6 Å². The van der Waals surface area contributed by atoms with Crippen LogP contribution >= 0.6 is 23.2 Å². The second-order valence-corrected chi connectivity index (χ2v) is 9.68. The highest BCUT2D eigenvalue weighted by Crippen LogP contribution is 2.26. The summed E-state index contributed by atoms with van der Waals surface area (Å²) in [6, 6.07) is 12.9. The van der Waals surface area contributed by atoms with Crippen molar-refractivity contribution in [3.63, 3.8) is 0 Å². The zero-order valence-electron chi connectivity index (χ0n) is 21.3. The first-order valence-corrected chi connectivity index (χ1v) is 12.6. The van der Waals surface area contributed by atoms with Crippen LogP contribution in [0.1, 0.15) is 25.3 Å². The Hall–Kier alpha value is -3.39. The van der Waals surface area contributed by atoms with Gasteiger partial charge in [-0.2, -0.15) is 0 Å². The van der Waals surface area contributed by atoms with E-state index in [1.165, 1.54) is 19.0 Å². The predicted octanol–water partition coefficient (Wildman–Crippen LogP) is 5.86. The van der Waals surface area contributed by atoms with E-state index in [0.717, 1.165) is 6.54 Å². The largest absolute Gasteiger partial charge is 0.402 e. The molecule has 1 fully saturated rings. The van der Waals surface area contributed by atoms with Gasteiger partial charge in [0.15, 0.2) is 0 Å². The first kappa shape index (κ1) is 28.2. The van der Waals surface area contributed by atoms with Gasteiger partial charge in [-0.1, -0.05) is 48.0 Å². The molecule has 0 heterocycles. The molecule has 37 heavy (non-hydrogen) atoms. The number of rotatable bonds is 10. The molecule has 7 nitrogen and oxygen atoms in total. The molecule has 2 aromatic rings. The van der Waals surface area contributed by atoms with Crippen molar-refractivity contribution < 1.29 is 4.79 Å². The minimum absolute atomic E-state index is 0.122. The van der Waals surface area contributed by atoms with Crippen LogP contribution in [-0.2, 0) is 4.79 Å². The normalized spacial score (nSPS) is 14.5. The second kappa shape index (κ2) is 12.7. The molecule has 0 aliphatic heterocycles. The minimum atomic E-state index is -0.124. The summed E-state index contributed by atoms with van der Waals surface area (Å²) in [5.74, 6) is 0.210. The number of hydrogen-bond donors (Lipinski definition) is 3. The summed E-state index contributed by atoms with van der Waals surface area (Å²) in [5, 5.41) is 12.8. The van der Waals surface area contributed by atoms with E-state index in [9.17, 15) is 4.79 Å². The number of nitrogens with two attached hydrogens (primary N) is 1. The van der Waals surface area contributed by atoms with E-state index in [2.05, 4.69) is 28.8 Å². The van der Waals surface area contributed by atoms with Crippen LogP contribution < -0.4 is 16.0 Å². The quantitative estimate of drug-likeness (QED) is 0.200. The first-order valence-electron chi connectivity index (χ1n) is 11.8. The number of likely N-dealkylation sites (N-methyl/N-ethyl adjacent to an activating group) is 2. The molecule has 1 aliphatic carbocycles. The number of carbonyl (C=O) groups is 1. The van der Waals surface area contributed by atoms with E-state index < -0.39 is 0 Å². The summed E-state index contributed by atoms with van der Waals surface area (Å²) in [4.78, 5) is 20.9. The maximum Gasteiger partial charge on any atom is 0.250 e. The number of nitrogens with zero attached hydrogens (tertiary/aromatic N) is 3. The third-order valence-electron chi connectivity index (χ3n) is 5.96. The summed E-state index contributed by atoms with van der Waals surface area (Å²) in [7, 11) is 3.80. The van der Waals surface area contributed by atoms with Crippen LogP contribution in [0.3, 0.4) is 0 Å². The van der Waals surface area contributed by atoms with Crippen molar-refractivity contribution in [1.82, 2.24) is 4.90 Å². The fourth-order valence-electron chi connectivity index (χ4n) is 3.70. The highest BCUT2D eigenvalue weighted by atomic mass is 35.5. The zero-order valence-corrected chi connectivity index (χ0v) is 22.8. The van der Waals surface area contributed by atoms with Crippen molar-refractivity contribution in [2.45, 2.75) is 25.8 Å². The van der Waals surface area contributed by atoms with E-state index in [1.807, 2.05) is 30.3 Å². The molecule has 0 aromatic heterocycles. The van der Waals surface area contributed by atoms with E-state index >= 15 is 0 Å². The van der Waals surface area contributed by atoms with Gasteiger partial charge in [-0.3, -0.25) is 15.1 Å². The van der Waals surface area contributed by atoms with Gasteiger partial charge in [-0.25, -0.2) is 4.99 Å². The van der Waals surface area contributed by atoms with Crippen LogP contribution in [0.2, 0.25) is 10.0 Å². The predicted molar refractivity (Wildman–Crippen MR) is 156 cm³/mol. The monoisotopic (exact) mass is 538 g/mol. The molecule has 0 unspecified atom stereocenters. The summed E-state index contributed by atoms with van der Waals surface area (Å²) in [5.41, 5.74) is 8.98. The summed E-state index contributed by atoms with van der Waals surface area (Å²) in [6.07, 6.45) is 7.31. The minimum Gasteiger partial charge on any atom is -0.402 e. The molecule has 3 rings (SSSR count). The topological polar surface area (TPSA) is 97.8 Å². The van der Waals surface area contributed by atoms with Crippen molar-refractivity contribution in [2.24, 2.45) is 10.7 Å². The van der Waals surface area contributed by atoms with Crippen molar-refractivity contribution in [3.8, 4) is 0 Å². The Morgan fingerprint density at radius 1 is 1.22 bits per heavy atom. The van der Waals surface area contributed by atoms with Gasteiger partial charge in [0.25, 0.3) is 0 Å². The van der Waals surface area contributed by atoms with Gasteiger partial charge >= 0.3 is 0 Å². The molecule has 9 heteroatoms. The summed E-state index contributed by atoms with van der Waals surface area (Å²) >= 11 is 12.2. The summed E-state index contributed by atoms with van der Waals surface area (Å²) < 4.78 is 0. The SMILES string of the molecule is C=CN=C(Nc1cccc(N(C)C(=O)/C=C/CN(C)C2CC2)c1)/C(C(=N)c1ccc(Cl)c(Cl)c1)=C(\C)N. The second-order valence-electron chi connectivity index (χ2n) is 8.87. The smallest absolute Gasteiger partial charge is 0.250 e. The Morgan fingerprint density at radius 3 is 2.57 bits per heavy atom. The zero-order chi connectivity index (χ0) is 27.1. The fraction of sp³-hybridized carbons (Fsp3) is 0.250. The van der Waals surface area contributed by atoms with E-state index in [1.54, 1.807) is 43.1 Å². The fourth-order valence-corrected chi connectivity index (χ4v) is 4.00. The molecule has 1 saturated carbocycles. The van der Waals surface area contributed by atoms with Crippen molar-refractivity contribution in [1.29, 1.82) is 5.41 Å². The number of aliphatic imine (C=N–C) groups is 1. The average molecular weight is 540 g/mol. The van der Waals surface area contributed by atoms with Crippen LogP contribution in [0.4, 0.5) is 11.4 Å². The van der Waals surface area contributed by atoms with Crippen LogP contribution in [-0.4, -0.2) is 49.0 Å². The Kier molecular flexibility index (Phi) is 9.69. The number of carbonyl (C=O) groups excluding carboxylic acids is 1. The molecular formula is C28H32Cl2N6O. The summed E-state index contributed by atoms with van der Waals surface area (Å²) in [6.45, 7) is 6.14. The van der Waals surface area contributed by atoms with Crippen molar-refractivity contribution >= 4 is 52.0 Å². The lowest BCUT2D eigenvalue weighted by Crippen LogP contribution is -2.26. The number of amides is 1. The van der Waals surface area contributed by atoms with Gasteiger partial charge in [0.05, 0.1) is 21.3 Å². The highest BCUT2D eigenvalue weighted by Gasteiger charge is 2.25. The molecule has 4 N–H and O–H groups in total. The average Bonchev–Trinajstić information content (AvgIpc) is 3.71. The van der Waals surface area contributed by atoms with Crippen molar-refractivity contribution in [2.75, 3.05) is 30.9 Å². The lowest BCUT2D eigenvalue weighted by atomic mass is 9.99. The Balaban J connectivity index is 1.80. The van der Waals surface area contributed by atoms with E-state index in [0.29, 0.717) is 50.1 Å². The van der Waals surface area contributed by atoms with Gasteiger partial charge in [0, 0.05) is 54.5 Å². The third-order valence-corrected chi connectivity index (χ3v) is 6.70. The number of anilines is 2. The molecule has 0 radical (unpaired) electrons. The molecule has 2 aromatic carbocycles. The van der Waals surface area contributed by atoms with Gasteiger partial charge in [-0.05, 0) is 57.1 Å². The van der Waals surface area contributed by atoms with Crippen molar-refractivity contribution in [3.05, 3.63) is 94.3 Å². The number of benzene rings is 2. The van der Waals surface area contributed by atoms with Gasteiger partial charge in [0.2, 0.25) is 5.91 Å². The lowest BCUT2D eigenvalue weighted by Gasteiger charge is -2.19. The molecule has 0 saturated heterocycles. The van der Waals surface area contributed by atoms with Gasteiger partial charge in [-0.15, -0.1) is 0 Å². The molecule has 0 bridgehead atoms. The maximum absolute atomic E-state index is 12.7. The standard InChI is InChI=1S/C28H32Cl2N6O/c1-5-33-28(26(18(2)31)27(32)19-11-14-23(29)24(30)16-19)34-20-8-6-9-22(17-20)36(4)25(37)10-7-15-35(3)21-12-13-21/h5-11,14,16-17,21,32H,1,12-13,15,31H2,2-4H3,(H,33,34)/b10-7+,26-18+,32-27?. The number of allylic oxidation sites excluding steroid dienone is 1. The molecule has 1 aliphatic rings. The maximum atomic E-state index is 12.7. The number of amidine groups is 1. The Bertz CT molecular complexity index is 1280. The molecule has 194 valence electrons. The van der Waals surface area contributed by atoms with E-state index in [4.69, 9.17) is 34.3 Å². The highest BCUT2D eigenvalue weighted by molar-refractivity contribution is 6.42. The lowest BCUT2D eigenvalue weighted by molar-refractivity contribution is -0.113. The first-order chi connectivity index (χ1) is 17.6. The number of halogens is 2. The van der Waals surface area contributed by atoms with Crippen LogP contribution in [0.15, 0.2) is 83.7 Å². The molecule has 1 amide bonds. The van der Waals surface area contributed by atoms with Gasteiger partial charge in [0.1, 0.15) is 5.84 Å². The van der Waals surface area contributed by atoms with Crippen LogP contribution in [0.25, 0.3) is 0 Å². The Morgan fingerprint density at radius 2 is 1.95 bits per heavy atom. The third kappa shape index (κ3) is 7.55. The number of nitrogens with one attached hydrogen (secondary N) is 2. The van der Waals surface area contributed by atoms with Crippen LogP contribution in [0.5, 0.6) is 0 Å².